The SMILES string of the molecule is CC1CN(c2ccc3ncsc3c2)C(=O)NC1=O. The Kier molecular flexibility index (Phi) is 2.52. The summed E-state index contributed by atoms with van der Waals surface area (Å²) in [6.45, 7) is 2.22. The molecule has 1 aromatic heterocycles. The summed E-state index contributed by atoms with van der Waals surface area (Å²) in [7, 11) is 0. The fourth-order valence-corrected chi connectivity index (χ4v) is 2.68. The third-order valence-corrected chi connectivity index (χ3v) is 3.80. The lowest BCUT2D eigenvalue weighted by atomic mass is 10.1. The largest absolute Gasteiger partial charge is 0.328 e. The van der Waals surface area contributed by atoms with Gasteiger partial charge in [0.05, 0.1) is 21.6 Å². The molecule has 0 radical (unpaired) electrons. The van der Waals surface area contributed by atoms with Crippen LogP contribution >= 0.6 is 11.3 Å². The van der Waals surface area contributed by atoms with Crippen molar-refractivity contribution < 1.29 is 9.59 Å². The molecule has 3 amide bonds. The first-order chi connectivity index (χ1) is 8.65. The lowest BCUT2D eigenvalue weighted by Crippen LogP contribution is -2.53. The quantitative estimate of drug-likeness (QED) is 0.854. The molecule has 0 bridgehead atoms. The minimum Gasteiger partial charge on any atom is -0.293 e. The summed E-state index contributed by atoms with van der Waals surface area (Å²) >= 11 is 1.53. The van der Waals surface area contributed by atoms with Crippen LogP contribution in [-0.2, 0) is 4.79 Å². The van der Waals surface area contributed by atoms with Gasteiger partial charge < -0.3 is 0 Å². The van der Waals surface area contributed by atoms with Crippen molar-refractivity contribution in [3.8, 4) is 0 Å². The molecule has 0 spiro atoms. The summed E-state index contributed by atoms with van der Waals surface area (Å²) in [6.07, 6.45) is 0. The molecule has 0 saturated carbocycles. The van der Waals surface area contributed by atoms with Crippen molar-refractivity contribution in [1.82, 2.24) is 10.3 Å². The molecule has 2 aromatic rings. The van der Waals surface area contributed by atoms with Gasteiger partial charge >= 0.3 is 6.03 Å². The van der Waals surface area contributed by atoms with Gasteiger partial charge in [-0.25, -0.2) is 9.78 Å². The third-order valence-electron chi connectivity index (χ3n) is 3.01. The molecule has 1 N–H and O–H groups in total. The third kappa shape index (κ3) is 1.74. The fraction of sp³-hybridized carbons (Fsp3) is 0.250. The Morgan fingerprint density at radius 3 is 3.11 bits per heavy atom. The van der Waals surface area contributed by atoms with Crippen molar-refractivity contribution in [2.24, 2.45) is 5.92 Å². The van der Waals surface area contributed by atoms with Crippen LogP contribution in [0.15, 0.2) is 23.7 Å². The van der Waals surface area contributed by atoms with Crippen LogP contribution in [0, 0.1) is 5.92 Å². The summed E-state index contributed by atoms with van der Waals surface area (Å²) < 4.78 is 1.03. The molecule has 3 rings (SSSR count). The highest BCUT2D eigenvalue weighted by Gasteiger charge is 2.30. The summed E-state index contributed by atoms with van der Waals surface area (Å²) in [5.41, 5.74) is 3.49. The Hall–Kier alpha value is -1.95. The summed E-state index contributed by atoms with van der Waals surface area (Å²) in [5.74, 6) is -0.407. The number of nitrogens with one attached hydrogen (secondary N) is 1. The number of fused-ring (bicyclic) bond motifs is 1. The van der Waals surface area contributed by atoms with Gasteiger partial charge in [0, 0.05) is 12.2 Å². The van der Waals surface area contributed by atoms with Gasteiger partial charge in [0.1, 0.15) is 0 Å². The number of hydrogen-bond donors (Lipinski definition) is 1. The van der Waals surface area contributed by atoms with Crippen molar-refractivity contribution >= 4 is 39.2 Å². The Morgan fingerprint density at radius 2 is 2.28 bits per heavy atom. The number of aromatic nitrogens is 1. The highest BCUT2D eigenvalue weighted by atomic mass is 32.1. The van der Waals surface area contributed by atoms with E-state index in [-0.39, 0.29) is 17.9 Å². The van der Waals surface area contributed by atoms with Gasteiger partial charge in [0.25, 0.3) is 0 Å². The predicted molar refractivity (Wildman–Crippen MR) is 69.7 cm³/mol. The molecular formula is C12H11N3O2S. The molecule has 6 heteroatoms. The van der Waals surface area contributed by atoms with Gasteiger partial charge in [-0.05, 0) is 18.2 Å². The van der Waals surface area contributed by atoms with Crippen LogP contribution in [0.2, 0.25) is 0 Å². The number of hydrogen-bond acceptors (Lipinski definition) is 4. The first kappa shape index (κ1) is 11.2. The standard InChI is InChI=1S/C12H11N3O2S/c1-7-5-15(12(17)14-11(7)16)8-2-3-9-10(4-8)18-6-13-9/h2-4,6-7H,5H2,1H3,(H,14,16,17). The highest BCUT2D eigenvalue weighted by molar-refractivity contribution is 7.16. The van der Waals surface area contributed by atoms with Crippen molar-refractivity contribution in [2.45, 2.75) is 6.92 Å². The van der Waals surface area contributed by atoms with Crippen LogP contribution in [0.25, 0.3) is 10.2 Å². The van der Waals surface area contributed by atoms with E-state index in [1.807, 2.05) is 18.2 Å². The number of thiazole rings is 1. The molecule has 1 aromatic carbocycles. The Bertz CT molecular complexity index is 637. The molecule has 0 aliphatic carbocycles. The second kappa shape index (κ2) is 4.06. The van der Waals surface area contributed by atoms with E-state index >= 15 is 0 Å². The van der Waals surface area contributed by atoms with Gasteiger partial charge in [-0.15, -0.1) is 11.3 Å². The van der Waals surface area contributed by atoms with E-state index in [4.69, 9.17) is 0 Å². The van der Waals surface area contributed by atoms with Crippen LogP contribution in [-0.4, -0.2) is 23.5 Å². The van der Waals surface area contributed by atoms with Gasteiger partial charge in [-0.2, -0.15) is 0 Å². The molecule has 2 heterocycles. The average Bonchev–Trinajstić information content (AvgIpc) is 2.80. The summed E-state index contributed by atoms with van der Waals surface area (Å²) in [5, 5.41) is 2.36. The van der Waals surface area contributed by atoms with Crippen LogP contribution < -0.4 is 10.2 Å². The van der Waals surface area contributed by atoms with E-state index in [0.717, 1.165) is 15.9 Å². The zero-order valence-electron chi connectivity index (χ0n) is 9.71. The van der Waals surface area contributed by atoms with Crippen molar-refractivity contribution in [2.75, 3.05) is 11.4 Å². The zero-order chi connectivity index (χ0) is 12.7. The van der Waals surface area contributed by atoms with Gasteiger partial charge in [-0.1, -0.05) is 6.92 Å². The molecule has 1 saturated heterocycles. The van der Waals surface area contributed by atoms with E-state index < -0.39 is 0 Å². The molecule has 1 aliphatic heterocycles. The minimum atomic E-state index is -0.359. The Morgan fingerprint density at radius 1 is 1.44 bits per heavy atom. The summed E-state index contributed by atoms with van der Waals surface area (Å²) in [4.78, 5) is 29.0. The minimum absolute atomic E-state index is 0.195. The number of anilines is 1. The maximum atomic E-state index is 11.8. The number of imide groups is 1. The van der Waals surface area contributed by atoms with E-state index in [1.54, 1.807) is 17.3 Å². The molecule has 5 nitrogen and oxygen atoms in total. The Labute approximate surface area is 107 Å². The first-order valence-electron chi connectivity index (χ1n) is 5.61. The van der Waals surface area contributed by atoms with Gasteiger partial charge in [0.2, 0.25) is 5.91 Å². The maximum Gasteiger partial charge on any atom is 0.328 e. The van der Waals surface area contributed by atoms with Gasteiger partial charge in [0.15, 0.2) is 0 Å². The van der Waals surface area contributed by atoms with E-state index in [2.05, 4.69) is 10.3 Å². The number of benzene rings is 1. The average molecular weight is 261 g/mol. The fourth-order valence-electron chi connectivity index (χ4n) is 1.97. The topological polar surface area (TPSA) is 62.3 Å². The van der Waals surface area contributed by atoms with Crippen molar-refractivity contribution in [1.29, 1.82) is 0 Å². The lowest BCUT2D eigenvalue weighted by Gasteiger charge is -2.30. The lowest BCUT2D eigenvalue weighted by molar-refractivity contribution is -0.123. The number of urea groups is 1. The van der Waals surface area contributed by atoms with Crippen LogP contribution in [0.4, 0.5) is 10.5 Å². The van der Waals surface area contributed by atoms with Crippen LogP contribution in [0.3, 0.4) is 0 Å². The number of carbonyl (C=O) groups excluding carboxylic acids is 2. The normalized spacial score (nSPS) is 20.3. The summed E-state index contributed by atoms with van der Waals surface area (Å²) in [6, 6.07) is 5.30. The second-order valence-corrected chi connectivity index (χ2v) is 5.20. The number of carbonyl (C=O) groups is 2. The second-order valence-electron chi connectivity index (χ2n) is 4.31. The molecule has 92 valence electrons. The molecule has 1 unspecified atom stereocenters. The van der Waals surface area contributed by atoms with Gasteiger partial charge in [-0.3, -0.25) is 15.0 Å². The number of rotatable bonds is 1. The first-order valence-corrected chi connectivity index (χ1v) is 6.49. The van der Waals surface area contributed by atoms with Crippen LogP contribution in [0.1, 0.15) is 6.92 Å². The molecule has 18 heavy (non-hydrogen) atoms. The van der Waals surface area contributed by atoms with E-state index in [1.165, 1.54) is 11.3 Å². The number of nitrogens with zero attached hydrogens (tertiary/aromatic N) is 2. The van der Waals surface area contributed by atoms with Crippen molar-refractivity contribution in [3.63, 3.8) is 0 Å². The zero-order valence-corrected chi connectivity index (χ0v) is 10.5. The van der Waals surface area contributed by atoms with E-state index in [9.17, 15) is 9.59 Å². The monoisotopic (exact) mass is 261 g/mol. The molecule has 1 fully saturated rings. The molecular weight excluding hydrogens is 250 g/mol. The Balaban J connectivity index is 1.98. The predicted octanol–water partition coefficient (Wildman–Crippen LogP) is 1.99. The molecule has 1 atom stereocenters. The van der Waals surface area contributed by atoms with E-state index in [0.29, 0.717) is 6.54 Å². The maximum absolute atomic E-state index is 11.8. The van der Waals surface area contributed by atoms with Crippen molar-refractivity contribution in [3.05, 3.63) is 23.7 Å². The van der Waals surface area contributed by atoms with Crippen LogP contribution in [0.5, 0.6) is 0 Å². The highest BCUT2D eigenvalue weighted by Crippen LogP contribution is 2.26. The smallest absolute Gasteiger partial charge is 0.293 e. The molecule has 1 aliphatic rings. The number of amides is 3.